The molecule has 0 spiro atoms. The summed E-state index contributed by atoms with van der Waals surface area (Å²) in [5.41, 5.74) is 2.00. The summed E-state index contributed by atoms with van der Waals surface area (Å²) in [4.78, 5) is 12.4. The molecule has 1 aromatic heterocycles. The van der Waals surface area contributed by atoms with Gasteiger partial charge in [-0.3, -0.25) is 14.6 Å². The van der Waals surface area contributed by atoms with Crippen molar-refractivity contribution >= 4 is 0 Å². The van der Waals surface area contributed by atoms with Crippen LogP contribution in [0.15, 0.2) is 4.79 Å². The molecule has 0 atom stereocenters. The quantitative estimate of drug-likeness (QED) is 0.844. The summed E-state index contributed by atoms with van der Waals surface area (Å²) in [6.45, 7) is 15.6. The van der Waals surface area contributed by atoms with Gasteiger partial charge in [0.15, 0.2) is 0 Å². The number of hydrogen-bond acceptors (Lipinski definition) is 1. The summed E-state index contributed by atoms with van der Waals surface area (Å²) >= 11 is 0. The Labute approximate surface area is 104 Å². The number of nitrogens with one attached hydrogen (secondary N) is 1. The van der Waals surface area contributed by atoms with Gasteiger partial charge in [-0.1, -0.05) is 48.5 Å². The van der Waals surface area contributed by atoms with Crippen LogP contribution in [0.4, 0.5) is 0 Å². The van der Waals surface area contributed by atoms with Crippen LogP contribution >= 0.6 is 0 Å². The lowest BCUT2D eigenvalue weighted by Gasteiger charge is -2.24. The van der Waals surface area contributed by atoms with Gasteiger partial charge in [0.2, 0.25) is 0 Å². The van der Waals surface area contributed by atoms with Crippen LogP contribution in [0.3, 0.4) is 0 Å². The van der Waals surface area contributed by atoms with E-state index in [0.29, 0.717) is 0 Å². The van der Waals surface area contributed by atoms with E-state index in [1.807, 2.05) is 0 Å². The van der Waals surface area contributed by atoms with Gasteiger partial charge in [0, 0.05) is 23.2 Å². The number of aromatic nitrogens is 2. The first-order valence-corrected chi connectivity index (χ1v) is 6.42. The van der Waals surface area contributed by atoms with Crippen LogP contribution in [0.25, 0.3) is 0 Å². The number of nitrogens with zero attached hydrogens (tertiary/aromatic N) is 1. The highest BCUT2D eigenvalue weighted by atomic mass is 16.1. The van der Waals surface area contributed by atoms with Crippen LogP contribution < -0.4 is 5.56 Å². The zero-order valence-corrected chi connectivity index (χ0v) is 12.3. The highest BCUT2D eigenvalue weighted by Crippen LogP contribution is 2.30. The molecule has 0 aliphatic carbocycles. The van der Waals surface area contributed by atoms with E-state index in [1.165, 1.54) is 0 Å². The topological polar surface area (TPSA) is 37.8 Å². The lowest BCUT2D eigenvalue weighted by molar-refractivity contribution is 0.509. The van der Waals surface area contributed by atoms with Gasteiger partial charge in [0.05, 0.1) is 0 Å². The van der Waals surface area contributed by atoms with Crippen molar-refractivity contribution < 1.29 is 0 Å². The third-order valence-electron chi connectivity index (χ3n) is 2.90. The minimum absolute atomic E-state index is 0.0270. The summed E-state index contributed by atoms with van der Waals surface area (Å²) in [5.74, 6) is 0. The highest BCUT2D eigenvalue weighted by Gasteiger charge is 2.31. The molecule has 0 aliphatic heterocycles. The molecule has 0 aliphatic rings. The van der Waals surface area contributed by atoms with Crippen molar-refractivity contribution in [3.05, 3.63) is 21.6 Å². The molecule has 0 bridgehead atoms. The van der Waals surface area contributed by atoms with Crippen molar-refractivity contribution in [1.29, 1.82) is 0 Å². The van der Waals surface area contributed by atoms with Crippen molar-refractivity contribution in [2.75, 3.05) is 0 Å². The number of aryl methyl sites for hydroxylation is 1. The third kappa shape index (κ3) is 2.82. The van der Waals surface area contributed by atoms with Crippen LogP contribution in [0.5, 0.6) is 0 Å². The molecule has 1 aromatic rings. The third-order valence-corrected chi connectivity index (χ3v) is 2.90. The van der Waals surface area contributed by atoms with Crippen LogP contribution in [0.1, 0.15) is 66.1 Å². The monoisotopic (exact) mass is 238 g/mol. The predicted octanol–water partition coefficient (Wildman–Crippen LogP) is 3.18. The average molecular weight is 238 g/mol. The van der Waals surface area contributed by atoms with Crippen LogP contribution in [-0.4, -0.2) is 9.78 Å². The van der Waals surface area contributed by atoms with E-state index in [2.05, 4.69) is 53.6 Å². The normalized spacial score (nSPS) is 13.1. The maximum atomic E-state index is 12.4. The molecule has 17 heavy (non-hydrogen) atoms. The maximum absolute atomic E-state index is 12.4. The lowest BCUT2D eigenvalue weighted by atomic mass is 9.80. The van der Waals surface area contributed by atoms with Gasteiger partial charge in [0.25, 0.3) is 5.56 Å². The molecular weight excluding hydrogens is 212 g/mol. The highest BCUT2D eigenvalue weighted by molar-refractivity contribution is 5.30. The van der Waals surface area contributed by atoms with E-state index in [-0.39, 0.29) is 16.4 Å². The van der Waals surface area contributed by atoms with E-state index >= 15 is 0 Å². The van der Waals surface area contributed by atoms with Crippen LogP contribution in [0.2, 0.25) is 0 Å². The van der Waals surface area contributed by atoms with Gasteiger partial charge >= 0.3 is 0 Å². The molecule has 0 radical (unpaired) electrons. The number of aromatic amines is 1. The summed E-state index contributed by atoms with van der Waals surface area (Å²) < 4.78 is 1.75. The molecule has 0 amide bonds. The van der Waals surface area contributed by atoms with Crippen molar-refractivity contribution in [2.45, 2.75) is 72.3 Å². The van der Waals surface area contributed by atoms with Gasteiger partial charge < -0.3 is 0 Å². The maximum Gasteiger partial charge on any atom is 0.270 e. The molecule has 1 rings (SSSR count). The number of H-pyrrole nitrogens is 1. The molecule has 3 heteroatoms. The Morgan fingerprint density at radius 2 is 1.59 bits per heavy atom. The smallest absolute Gasteiger partial charge is 0.270 e. The van der Waals surface area contributed by atoms with Gasteiger partial charge in [-0.2, -0.15) is 0 Å². The molecule has 0 saturated heterocycles. The second kappa shape index (κ2) is 4.35. The predicted molar refractivity (Wildman–Crippen MR) is 72.7 cm³/mol. The largest absolute Gasteiger partial charge is 0.299 e. The summed E-state index contributed by atoms with van der Waals surface area (Å²) in [6, 6.07) is 0. The van der Waals surface area contributed by atoms with Gasteiger partial charge in [-0.25, -0.2) is 0 Å². The van der Waals surface area contributed by atoms with E-state index in [0.717, 1.165) is 24.2 Å². The fourth-order valence-corrected chi connectivity index (χ4v) is 2.10. The van der Waals surface area contributed by atoms with Crippen molar-refractivity contribution in [2.24, 2.45) is 0 Å². The zero-order valence-electron chi connectivity index (χ0n) is 12.3. The Kier molecular flexibility index (Phi) is 3.60. The zero-order chi connectivity index (χ0) is 13.4. The molecular formula is C14H26N2O. The van der Waals surface area contributed by atoms with Crippen LogP contribution in [0, 0.1) is 0 Å². The lowest BCUT2D eigenvalue weighted by Crippen LogP contribution is -2.28. The minimum atomic E-state index is -0.116. The Bertz CT molecular complexity index is 438. The fourth-order valence-electron chi connectivity index (χ4n) is 2.10. The van der Waals surface area contributed by atoms with Crippen molar-refractivity contribution in [1.82, 2.24) is 9.78 Å². The average Bonchev–Trinajstić information content (AvgIpc) is 2.43. The first kappa shape index (κ1) is 14.1. The van der Waals surface area contributed by atoms with Gasteiger partial charge in [0.1, 0.15) is 0 Å². The minimum Gasteiger partial charge on any atom is -0.299 e. The SMILES string of the molecule is CCCn1[nH]c(C(C)(C)C)c(C(C)(C)C)c1=O. The van der Waals surface area contributed by atoms with E-state index < -0.39 is 0 Å². The first-order valence-electron chi connectivity index (χ1n) is 6.42. The molecule has 3 nitrogen and oxygen atoms in total. The molecule has 98 valence electrons. The second-order valence-electron chi connectivity index (χ2n) is 6.82. The Morgan fingerprint density at radius 3 is 1.88 bits per heavy atom. The van der Waals surface area contributed by atoms with E-state index in [1.54, 1.807) is 4.68 Å². The standard InChI is InChI=1S/C14H26N2O/c1-8-9-16-12(17)10(13(2,3)4)11(15-16)14(5,6)7/h15H,8-9H2,1-7H3. The molecule has 1 heterocycles. The van der Waals surface area contributed by atoms with Crippen LogP contribution in [-0.2, 0) is 17.4 Å². The summed E-state index contributed by atoms with van der Waals surface area (Å²) in [5, 5.41) is 3.30. The first-order chi connectivity index (χ1) is 7.59. The molecule has 0 fully saturated rings. The molecule has 0 saturated carbocycles. The fraction of sp³-hybridized carbons (Fsp3) is 0.786. The molecule has 0 unspecified atom stereocenters. The summed E-state index contributed by atoms with van der Waals surface area (Å²) in [7, 11) is 0. The second-order valence-corrected chi connectivity index (χ2v) is 6.82. The van der Waals surface area contributed by atoms with Crippen molar-refractivity contribution in [3.63, 3.8) is 0 Å². The van der Waals surface area contributed by atoms with E-state index in [9.17, 15) is 4.79 Å². The van der Waals surface area contributed by atoms with Crippen molar-refractivity contribution in [3.8, 4) is 0 Å². The molecule has 0 aromatic carbocycles. The Balaban J connectivity index is 3.50. The van der Waals surface area contributed by atoms with E-state index in [4.69, 9.17) is 0 Å². The Hall–Kier alpha value is -0.990. The van der Waals surface area contributed by atoms with Gasteiger partial charge in [-0.05, 0) is 11.8 Å². The number of rotatable bonds is 2. The summed E-state index contributed by atoms with van der Waals surface area (Å²) in [6.07, 6.45) is 0.966. The number of hydrogen-bond donors (Lipinski definition) is 1. The Morgan fingerprint density at radius 1 is 1.06 bits per heavy atom. The van der Waals surface area contributed by atoms with Gasteiger partial charge in [-0.15, -0.1) is 0 Å². The molecule has 1 N–H and O–H groups in total.